The average molecular weight is 405 g/mol. The molecular weight excluding hydrogens is 392 g/mol. The minimum Gasteiger partial charge on any atom is -0.495 e. The number of urea groups is 1. The Bertz CT molecular complexity index is 880. The van der Waals surface area contributed by atoms with Gasteiger partial charge in [-0.05, 0) is 35.9 Å². The fourth-order valence-corrected chi connectivity index (χ4v) is 2.74. The molecule has 11 heteroatoms. The van der Waals surface area contributed by atoms with Crippen molar-refractivity contribution in [1.29, 1.82) is 0 Å². The summed E-state index contributed by atoms with van der Waals surface area (Å²) in [6.45, 7) is 0. The topological polar surface area (TPSA) is 53.6 Å². The van der Waals surface area contributed by atoms with Gasteiger partial charge in [0.05, 0.1) is 18.2 Å². The van der Waals surface area contributed by atoms with Crippen LogP contribution >= 0.6 is 0 Å². The molecule has 1 aliphatic rings. The zero-order chi connectivity index (χ0) is 20.7. The molecule has 150 valence electrons. The zero-order valence-electron chi connectivity index (χ0n) is 14.2. The van der Waals surface area contributed by atoms with Crippen LogP contribution < -0.4 is 20.5 Å². The molecule has 1 heterocycles. The second kappa shape index (κ2) is 6.80. The Morgan fingerprint density at radius 1 is 0.929 bits per heavy atom. The summed E-state index contributed by atoms with van der Waals surface area (Å²) in [7, 11) is 1.24. The Morgan fingerprint density at radius 2 is 1.50 bits per heavy atom. The molecule has 3 rings (SSSR count). The summed E-state index contributed by atoms with van der Waals surface area (Å²) < 4.78 is 82.5. The third kappa shape index (κ3) is 3.78. The van der Waals surface area contributed by atoms with Crippen LogP contribution in [0.15, 0.2) is 42.5 Å². The molecule has 1 aliphatic heterocycles. The van der Waals surface area contributed by atoms with E-state index in [1.807, 2.05) is 0 Å². The van der Waals surface area contributed by atoms with Gasteiger partial charge in [-0.15, -0.1) is 0 Å². The third-order valence-electron chi connectivity index (χ3n) is 4.07. The molecule has 2 aromatic rings. The highest BCUT2D eigenvalue weighted by Gasteiger charge is 2.37. The summed E-state index contributed by atoms with van der Waals surface area (Å²) in [6, 6.07) is 5.87. The predicted molar refractivity (Wildman–Crippen MR) is 86.3 cm³/mol. The van der Waals surface area contributed by atoms with Crippen LogP contribution in [0.2, 0.25) is 0 Å². The normalized spacial score (nSPS) is 17.3. The van der Waals surface area contributed by atoms with E-state index in [-0.39, 0.29) is 17.0 Å². The number of carbonyl (C=O) groups excluding carboxylic acids is 1. The lowest BCUT2D eigenvalue weighted by molar-refractivity contribution is -0.138. The van der Waals surface area contributed by atoms with Gasteiger partial charge in [-0.2, -0.15) is 26.3 Å². The van der Waals surface area contributed by atoms with Gasteiger partial charge in [0, 0.05) is 0 Å². The van der Waals surface area contributed by atoms with Crippen molar-refractivity contribution in [1.82, 2.24) is 10.7 Å². The molecule has 1 atom stereocenters. The smallest absolute Gasteiger partial charge is 0.416 e. The van der Waals surface area contributed by atoms with Crippen LogP contribution in [0.4, 0.5) is 36.8 Å². The van der Waals surface area contributed by atoms with E-state index in [0.717, 1.165) is 47.5 Å². The van der Waals surface area contributed by atoms with Gasteiger partial charge in [-0.1, -0.05) is 12.1 Å². The largest absolute Gasteiger partial charge is 0.495 e. The monoisotopic (exact) mass is 405 g/mol. The number of nitrogens with zero attached hydrogens (tertiary/aromatic N) is 1. The molecule has 5 nitrogen and oxygen atoms in total. The minimum absolute atomic E-state index is 0.0360. The van der Waals surface area contributed by atoms with E-state index in [9.17, 15) is 31.1 Å². The van der Waals surface area contributed by atoms with Crippen LogP contribution in [0.5, 0.6) is 5.75 Å². The molecule has 1 unspecified atom stereocenters. The molecule has 1 fully saturated rings. The highest BCUT2D eigenvalue weighted by Crippen LogP contribution is 2.39. The van der Waals surface area contributed by atoms with Crippen LogP contribution in [0.25, 0.3) is 0 Å². The van der Waals surface area contributed by atoms with Crippen molar-refractivity contribution in [3.63, 3.8) is 0 Å². The van der Waals surface area contributed by atoms with E-state index >= 15 is 0 Å². The average Bonchev–Trinajstić information content (AvgIpc) is 3.01. The number of rotatable bonds is 3. The second-order valence-corrected chi connectivity index (χ2v) is 5.86. The Kier molecular flexibility index (Phi) is 4.77. The molecule has 0 spiro atoms. The Morgan fingerprint density at radius 3 is 2.04 bits per heavy atom. The highest BCUT2D eigenvalue weighted by atomic mass is 19.4. The number of halogens is 6. The summed E-state index contributed by atoms with van der Waals surface area (Å²) in [5.74, 6) is 0.0360. The molecule has 2 aromatic carbocycles. The maximum Gasteiger partial charge on any atom is 0.416 e. The van der Waals surface area contributed by atoms with Gasteiger partial charge in [0.1, 0.15) is 17.6 Å². The maximum atomic E-state index is 13.1. The van der Waals surface area contributed by atoms with Crippen molar-refractivity contribution in [2.45, 2.75) is 18.5 Å². The van der Waals surface area contributed by atoms with E-state index in [1.54, 1.807) is 0 Å². The first-order valence-corrected chi connectivity index (χ1v) is 7.79. The summed E-state index contributed by atoms with van der Waals surface area (Å²) in [4.78, 5) is 11.8. The first-order valence-electron chi connectivity index (χ1n) is 7.79. The molecule has 2 N–H and O–H groups in total. The summed E-state index contributed by atoms with van der Waals surface area (Å²) in [6.07, 6.45) is -10.2. The first-order chi connectivity index (χ1) is 13.0. The number of hydrogen-bond acceptors (Lipinski definition) is 3. The van der Waals surface area contributed by atoms with E-state index in [4.69, 9.17) is 4.74 Å². The number of benzene rings is 2. The number of hydrazine groups is 1. The van der Waals surface area contributed by atoms with Crippen molar-refractivity contribution >= 4 is 11.7 Å². The first kappa shape index (κ1) is 19.6. The number of methoxy groups -OCH3 is 1. The van der Waals surface area contributed by atoms with Crippen molar-refractivity contribution in [2.75, 3.05) is 12.1 Å². The SMILES string of the molecule is COc1ccc(C(F)(F)F)cc1N1NC(=O)NC1c1ccc(C(F)(F)F)cc1. The maximum absolute atomic E-state index is 13.1. The fourth-order valence-electron chi connectivity index (χ4n) is 2.74. The fraction of sp³-hybridized carbons (Fsp3) is 0.235. The van der Waals surface area contributed by atoms with Crippen LogP contribution in [0.3, 0.4) is 0 Å². The van der Waals surface area contributed by atoms with Crippen molar-refractivity contribution in [3.8, 4) is 5.75 Å². The lowest BCUT2D eigenvalue weighted by Crippen LogP contribution is -2.35. The van der Waals surface area contributed by atoms with Crippen molar-refractivity contribution < 1.29 is 35.9 Å². The standard InChI is InChI=1S/C17H13F6N3O2/c1-28-13-7-6-11(17(21,22)23)8-12(13)26-14(24-15(27)25-26)9-2-4-10(5-3-9)16(18,19)20/h2-8,14H,1H3,(H2,24,25,27). The number of anilines is 1. The lowest BCUT2D eigenvalue weighted by Gasteiger charge is -2.27. The Hall–Kier alpha value is -3.11. The van der Waals surface area contributed by atoms with Crippen LogP contribution in [0, 0.1) is 0 Å². The third-order valence-corrected chi connectivity index (χ3v) is 4.07. The second-order valence-electron chi connectivity index (χ2n) is 5.86. The molecule has 28 heavy (non-hydrogen) atoms. The van der Waals surface area contributed by atoms with Crippen LogP contribution in [-0.2, 0) is 12.4 Å². The molecule has 0 bridgehead atoms. The number of hydrogen-bond donors (Lipinski definition) is 2. The van der Waals surface area contributed by atoms with Gasteiger partial charge in [-0.3, -0.25) is 5.01 Å². The molecule has 1 saturated heterocycles. The van der Waals surface area contributed by atoms with Gasteiger partial charge in [0.15, 0.2) is 0 Å². The van der Waals surface area contributed by atoms with E-state index < -0.39 is 35.7 Å². The molecular formula is C17H13F6N3O2. The van der Waals surface area contributed by atoms with Gasteiger partial charge >= 0.3 is 18.4 Å². The van der Waals surface area contributed by atoms with E-state index in [2.05, 4.69) is 10.7 Å². The molecule has 0 aliphatic carbocycles. The Balaban J connectivity index is 2.02. The van der Waals surface area contributed by atoms with Crippen LogP contribution in [-0.4, -0.2) is 13.1 Å². The summed E-state index contributed by atoms with van der Waals surface area (Å²) in [5, 5.41) is 3.51. The lowest BCUT2D eigenvalue weighted by atomic mass is 10.1. The molecule has 0 radical (unpaired) electrons. The van der Waals surface area contributed by atoms with Crippen molar-refractivity contribution in [3.05, 3.63) is 59.2 Å². The summed E-state index contributed by atoms with van der Waals surface area (Å²) in [5.41, 5.74) is 0.580. The predicted octanol–water partition coefficient (Wildman–Crippen LogP) is 4.47. The van der Waals surface area contributed by atoms with E-state index in [1.165, 1.54) is 7.11 Å². The number of carbonyl (C=O) groups is 1. The van der Waals surface area contributed by atoms with E-state index in [0.29, 0.717) is 0 Å². The number of alkyl halides is 6. The van der Waals surface area contributed by atoms with Gasteiger partial charge in [0.25, 0.3) is 0 Å². The molecule has 0 aromatic heterocycles. The Labute approximate surface area is 154 Å². The quantitative estimate of drug-likeness (QED) is 0.742. The summed E-state index contributed by atoms with van der Waals surface area (Å²) >= 11 is 0. The number of nitrogens with one attached hydrogen (secondary N) is 2. The van der Waals surface area contributed by atoms with Gasteiger partial charge in [-0.25, -0.2) is 10.2 Å². The highest BCUT2D eigenvalue weighted by molar-refractivity contribution is 5.82. The van der Waals surface area contributed by atoms with Crippen molar-refractivity contribution in [2.24, 2.45) is 0 Å². The molecule has 0 saturated carbocycles. The van der Waals surface area contributed by atoms with Crippen LogP contribution in [0.1, 0.15) is 22.9 Å². The molecule has 2 amide bonds. The zero-order valence-corrected chi connectivity index (χ0v) is 14.2. The number of amides is 2. The number of ether oxygens (including phenoxy) is 1. The van der Waals surface area contributed by atoms with Gasteiger partial charge in [0.2, 0.25) is 0 Å². The minimum atomic E-state index is -4.64. The van der Waals surface area contributed by atoms with Gasteiger partial charge < -0.3 is 10.1 Å².